The molecule has 6 heteroatoms. The van der Waals surface area contributed by atoms with Gasteiger partial charge in [-0.05, 0) is 32.4 Å². The van der Waals surface area contributed by atoms with Crippen molar-refractivity contribution in [2.45, 2.75) is 33.1 Å². The van der Waals surface area contributed by atoms with Gasteiger partial charge in [-0.2, -0.15) is 0 Å². The summed E-state index contributed by atoms with van der Waals surface area (Å²) >= 11 is 0. The van der Waals surface area contributed by atoms with E-state index in [-0.39, 0.29) is 17.9 Å². The van der Waals surface area contributed by atoms with Crippen LogP contribution in [0.3, 0.4) is 0 Å². The van der Waals surface area contributed by atoms with Crippen LogP contribution in [0.2, 0.25) is 0 Å². The Morgan fingerprint density at radius 1 is 1.11 bits per heavy atom. The molecule has 0 fully saturated rings. The van der Waals surface area contributed by atoms with Crippen molar-refractivity contribution in [1.82, 2.24) is 15.5 Å². The molecule has 112 valence electrons. The lowest BCUT2D eigenvalue weighted by Gasteiger charge is -2.23. The Bertz CT molecular complexity index is 291. The van der Waals surface area contributed by atoms with Gasteiger partial charge in [0.15, 0.2) is 0 Å². The van der Waals surface area contributed by atoms with E-state index in [0.717, 1.165) is 13.0 Å². The fourth-order valence-electron chi connectivity index (χ4n) is 1.54. The molecule has 0 unspecified atom stereocenters. The minimum absolute atomic E-state index is 0.0741. The third-order valence-corrected chi connectivity index (χ3v) is 2.95. The summed E-state index contributed by atoms with van der Waals surface area (Å²) in [5.41, 5.74) is -0.0741. The standard InChI is InChI=1S/C13H27N3O3/c1-13(2,6-5-11(17)18)7-8-14-12(19)15-9-10-16(3)4/h5-10H2,1-4H3,(H,17,18)(H2,14,15,19). The van der Waals surface area contributed by atoms with E-state index in [1.165, 1.54) is 0 Å². The van der Waals surface area contributed by atoms with Crippen LogP contribution >= 0.6 is 0 Å². The van der Waals surface area contributed by atoms with Crippen LogP contribution in [0.4, 0.5) is 4.79 Å². The predicted molar refractivity (Wildman–Crippen MR) is 75.2 cm³/mol. The Balaban J connectivity index is 3.70. The average molecular weight is 273 g/mol. The number of amides is 2. The first-order valence-electron chi connectivity index (χ1n) is 6.61. The molecular formula is C13H27N3O3. The van der Waals surface area contributed by atoms with Crippen LogP contribution in [0.1, 0.15) is 33.1 Å². The zero-order chi connectivity index (χ0) is 14.9. The minimum atomic E-state index is -0.775. The molecule has 6 nitrogen and oxygen atoms in total. The number of hydrogen-bond acceptors (Lipinski definition) is 3. The molecule has 0 rings (SSSR count). The Morgan fingerprint density at radius 3 is 2.21 bits per heavy atom. The molecule has 0 saturated carbocycles. The number of carboxylic acid groups (broad SMARTS) is 1. The number of carbonyl (C=O) groups is 2. The summed E-state index contributed by atoms with van der Waals surface area (Å²) in [6, 6.07) is -0.170. The number of aliphatic carboxylic acids is 1. The quantitative estimate of drug-likeness (QED) is 0.588. The second-order valence-corrected chi connectivity index (χ2v) is 5.79. The zero-order valence-electron chi connectivity index (χ0n) is 12.5. The number of likely N-dealkylation sites (N-methyl/N-ethyl adjacent to an activating group) is 1. The maximum Gasteiger partial charge on any atom is 0.314 e. The highest BCUT2D eigenvalue weighted by atomic mass is 16.4. The van der Waals surface area contributed by atoms with Crippen LogP contribution in [0.5, 0.6) is 0 Å². The maximum atomic E-state index is 11.4. The predicted octanol–water partition coefficient (Wildman–Crippen LogP) is 1.13. The van der Waals surface area contributed by atoms with Gasteiger partial charge in [0, 0.05) is 26.1 Å². The van der Waals surface area contributed by atoms with E-state index in [0.29, 0.717) is 19.5 Å². The second kappa shape index (κ2) is 8.74. The summed E-state index contributed by atoms with van der Waals surface area (Å²) in [7, 11) is 3.90. The molecule has 0 saturated heterocycles. The highest BCUT2D eigenvalue weighted by Crippen LogP contribution is 2.25. The third kappa shape index (κ3) is 11.5. The summed E-state index contributed by atoms with van der Waals surface area (Å²) in [5, 5.41) is 14.2. The van der Waals surface area contributed by atoms with Crippen molar-refractivity contribution in [3.63, 3.8) is 0 Å². The highest BCUT2D eigenvalue weighted by molar-refractivity contribution is 5.73. The van der Waals surface area contributed by atoms with Gasteiger partial charge >= 0.3 is 12.0 Å². The Morgan fingerprint density at radius 2 is 1.68 bits per heavy atom. The van der Waals surface area contributed by atoms with Crippen LogP contribution in [0.25, 0.3) is 0 Å². The highest BCUT2D eigenvalue weighted by Gasteiger charge is 2.19. The number of urea groups is 1. The topological polar surface area (TPSA) is 81.7 Å². The molecule has 3 N–H and O–H groups in total. The monoisotopic (exact) mass is 273 g/mol. The molecule has 0 aliphatic heterocycles. The van der Waals surface area contributed by atoms with Gasteiger partial charge in [0.2, 0.25) is 0 Å². The number of hydrogen-bond donors (Lipinski definition) is 3. The lowest BCUT2D eigenvalue weighted by Crippen LogP contribution is -2.40. The summed E-state index contributed by atoms with van der Waals surface area (Å²) in [4.78, 5) is 24.0. The van der Waals surface area contributed by atoms with Crippen LogP contribution in [0, 0.1) is 5.41 Å². The van der Waals surface area contributed by atoms with Crippen molar-refractivity contribution in [2.24, 2.45) is 5.41 Å². The number of nitrogens with zero attached hydrogens (tertiary/aromatic N) is 1. The molecule has 0 bridgehead atoms. The van der Waals surface area contributed by atoms with Gasteiger partial charge in [-0.15, -0.1) is 0 Å². The smallest absolute Gasteiger partial charge is 0.314 e. The van der Waals surface area contributed by atoms with Crippen molar-refractivity contribution in [1.29, 1.82) is 0 Å². The van der Waals surface area contributed by atoms with E-state index in [2.05, 4.69) is 10.6 Å². The molecule has 0 heterocycles. The normalized spacial score (nSPS) is 11.4. The van der Waals surface area contributed by atoms with Gasteiger partial charge in [0.25, 0.3) is 0 Å². The zero-order valence-corrected chi connectivity index (χ0v) is 12.5. The number of nitrogens with one attached hydrogen (secondary N) is 2. The fourth-order valence-corrected chi connectivity index (χ4v) is 1.54. The molecule has 0 spiro atoms. The first-order valence-corrected chi connectivity index (χ1v) is 6.61. The third-order valence-electron chi connectivity index (χ3n) is 2.95. The van der Waals surface area contributed by atoms with Crippen molar-refractivity contribution in [2.75, 3.05) is 33.7 Å². The fraction of sp³-hybridized carbons (Fsp3) is 0.846. The van der Waals surface area contributed by atoms with Crippen LogP contribution < -0.4 is 10.6 Å². The molecule has 0 radical (unpaired) electrons. The van der Waals surface area contributed by atoms with E-state index >= 15 is 0 Å². The lowest BCUT2D eigenvalue weighted by molar-refractivity contribution is -0.137. The first kappa shape index (κ1) is 17.7. The molecule has 0 aromatic carbocycles. The van der Waals surface area contributed by atoms with Crippen LogP contribution in [-0.2, 0) is 4.79 Å². The van der Waals surface area contributed by atoms with Crippen LogP contribution in [-0.4, -0.2) is 55.7 Å². The lowest BCUT2D eigenvalue weighted by atomic mass is 9.84. The minimum Gasteiger partial charge on any atom is -0.481 e. The molecule has 0 aromatic rings. The molecule has 0 atom stereocenters. The largest absolute Gasteiger partial charge is 0.481 e. The number of carboxylic acids is 1. The molecule has 2 amide bonds. The van der Waals surface area contributed by atoms with Crippen molar-refractivity contribution < 1.29 is 14.7 Å². The van der Waals surface area contributed by atoms with E-state index in [4.69, 9.17) is 5.11 Å². The summed E-state index contributed by atoms with van der Waals surface area (Å²) in [6.07, 6.45) is 1.55. The first-order chi connectivity index (χ1) is 8.73. The average Bonchev–Trinajstić information content (AvgIpc) is 2.26. The van der Waals surface area contributed by atoms with E-state index in [1.807, 2.05) is 32.8 Å². The van der Waals surface area contributed by atoms with Gasteiger partial charge < -0.3 is 20.6 Å². The maximum absolute atomic E-state index is 11.4. The van der Waals surface area contributed by atoms with Gasteiger partial charge in [0.1, 0.15) is 0 Å². The summed E-state index contributed by atoms with van der Waals surface area (Å²) < 4.78 is 0. The van der Waals surface area contributed by atoms with Crippen LogP contribution in [0.15, 0.2) is 0 Å². The van der Waals surface area contributed by atoms with E-state index in [1.54, 1.807) is 0 Å². The van der Waals surface area contributed by atoms with Crippen molar-refractivity contribution in [3.05, 3.63) is 0 Å². The number of rotatable bonds is 9. The van der Waals surface area contributed by atoms with E-state index < -0.39 is 5.97 Å². The molecular weight excluding hydrogens is 246 g/mol. The van der Waals surface area contributed by atoms with Gasteiger partial charge in [-0.3, -0.25) is 4.79 Å². The SMILES string of the molecule is CN(C)CCNC(=O)NCCC(C)(C)CCC(=O)O. The number of carbonyl (C=O) groups excluding carboxylic acids is 1. The Kier molecular flexibility index (Phi) is 8.14. The van der Waals surface area contributed by atoms with Gasteiger partial charge in [-0.1, -0.05) is 13.8 Å². The molecule has 0 aliphatic carbocycles. The van der Waals surface area contributed by atoms with Gasteiger partial charge in [-0.25, -0.2) is 4.79 Å². The molecule has 0 aliphatic rings. The molecule has 19 heavy (non-hydrogen) atoms. The summed E-state index contributed by atoms with van der Waals surface area (Å²) in [5.74, 6) is -0.775. The Hall–Kier alpha value is -1.30. The van der Waals surface area contributed by atoms with Crippen molar-refractivity contribution >= 4 is 12.0 Å². The summed E-state index contributed by atoms with van der Waals surface area (Å²) in [6.45, 7) is 6.00. The second-order valence-electron chi connectivity index (χ2n) is 5.79. The van der Waals surface area contributed by atoms with E-state index in [9.17, 15) is 9.59 Å². The van der Waals surface area contributed by atoms with Crippen molar-refractivity contribution in [3.8, 4) is 0 Å². The molecule has 0 aromatic heterocycles. The Labute approximate surface area is 115 Å². The van der Waals surface area contributed by atoms with Gasteiger partial charge in [0.05, 0.1) is 0 Å².